The fourth-order valence-electron chi connectivity index (χ4n) is 2.88. The Morgan fingerprint density at radius 3 is 2.62 bits per heavy atom. The summed E-state index contributed by atoms with van der Waals surface area (Å²) in [6, 6.07) is 5.62. The Morgan fingerprint density at radius 1 is 1.31 bits per heavy atom. The van der Waals surface area contributed by atoms with Gasteiger partial charge in [0.25, 0.3) is 5.91 Å². The lowest BCUT2D eigenvalue weighted by Crippen LogP contribution is -2.18. The highest BCUT2D eigenvalue weighted by molar-refractivity contribution is 5.99. The van der Waals surface area contributed by atoms with Crippen molar-refractivity contribution in [1.82, 2.24) is 19.4 Å². The van der Waals surface area contributed by atoms with Crippen LogP contribution in [0.1, 0.15) is 17.3 Å². The van der Waals surface area contributed by atoms with Gasteiger partial charge in [-0.05, 0) is 25.1 Å². The number of nitrogens with zero attached hydrogens (tertiary/aromatic N) is 3. The van der Waals surface area contributed by atoms with Gasteiger partial charge >= 0.3 is 0 Å². The summed E-state index contributed by atoms with van der Waals surface area (Å²) < 4.78 is 9.62. The van der Waals surface area contributed by atoms with Gasteiger partial charge in [-0.25, -0.2) is 4.98 Å². The number of rotatable bonds is 4. The highest BCUT2D eigenvalue weighted by Gasteiger charge is 2.25. The predicted octanol–water partition coefficient (Wildman–Crippen LogP) is 2.76. The average Bonchev–Trinajstić information content (AvgIpc) is 3.04. The van der Waals surface area contributed by atoms with Gasteiger partial charge in [0.05, 0.1) is 23.2 Å². The van der Waals surface area contributed by atoms with E-state index in [0.29, 0.717) is 23.6 Å². The first-order valence-electron chi connectivity index (χ1n) is 7.74. The van der Waals surface area contributed by atoms with Crippen LogP contribution >= 0.6 is 24.8 Å². The first-order valence-corrected chi connectivity index (χ1v) is 7.74. The topological polar surface area (TPSA) is 87.1 Å². The number of carbonyl (C=O) groups excluding carboxylic acids is 1. The molecule has 142 valence electrons. The number of halogens is 2. The number of imidazole rings is 1. The van der Waals surface area contributed by atoms with Gasteiger partial charge in [-0.3, -0.25) is 4.79 Å². The molecule has 3 aromatic rings. The van der Waals surface area contributed by atoms with Crippen molar-refractivity contribution in [3.05, 3.63) is 30.0 Å². The SMILES string of the molecule is CCOc1c(C(=O)NC)cn(C)c1-c1nc2cc(N)ccc2n1C.Cl.Cl. The van der Waals surface area contributed by atoms with Crippen LogP contribution in [0.2, 0.25) is 0 Å². The second-order valence-corrected chi connectivity index (χ2v) is 5.59. The van der Waals surface area contributed by atoms with Crippen LogP contribution in [0.15, 0.2) is 24.4 Å². The van der Waals surface area contributed by atoms with Crippen LogP contribution in [0.4, 0.5) is 5.69 Å². The van der Waals surface area contributed by atoms with Gasteiger partial charge in [0.15, 0.2) is 11.6 Å². The van der Waals surface area contributed by atoms with E-state index in [1.807, 2.05) is 48.4 Å². The fourth-order valence-corrected chi connectivity index (χ4v) is 2.88. The van der Waals surface area contributed by atoms with Gasteiger partial charge < -0.3 is 24.9 Å². The number of nitrogen functional groups attached to an aromatic ring is 1. The Kier molecular flexibility index (Phi) is 6.94. The van der Waals surface area contributed by atoms with Crippen molar-refractivity contribution in [2.75, 3.05) is 19.4 Å². The molecule has 2 heterocycles. The average molecular weight is 400 g/mol. The van der Waals surface area contributed by atoms with Gasteiger partial charge in [-0.2, -0.15) is 0 Å². The van der Waals surface area contributed by atoms with Gasteiger partial charge in [-0.15, -0.1) is 24.8 Å². The third kappa shape index (κ3) is 3.45. The Labute approximate surface area is 164 Å². The smallest absolute Gasteiger partial charge is 0.256 e. The first kappa shape index (κ1) is 21.7. The third-order valence-corrected chi connectivity index (χ3v) is 4.01. The number of hydrogen-bond acceptors (Lipinski definition) is 4. The molecule has 0 fully saturated rings. The first-order chi connectivity index (χ1) is 11.5. The van der Waals surface area contributed by atoms with Crippen LogP contribution in [0.5, 0.6) is 5.75 Å². The van der Waals surface area contributed by atoms with E-state index in [2.05, 4.69) is 5.32 Å². The standard InChI is InChI=1S/C17H21N5O2.2ClH/c1-5-24-15-11(17(23)19-2)9-21(3)14(15)16-20-12-8-10(18)6-7-13(12)22(16)4;;/h6-9H,5,18H2,1-4H3,(H,19,23);2*1H. The Morgan fingerprint density at radius 2 is 2.00 bits per heavy atom. The molecule has 7 nitrogen and oxygen atoms in total. The minimum Gasteiger partial charge on any atom is -0.491 e. The lowest BCUT2D eigenvalue weighted by molar-refractivity contribution is 0.0959. The van der Waals surface area contributed by atoms with E-state index in [1.165, 1.54) is 0 Å². The predicted molar refractivity (Wildman–Crippen MR) is 109 cm³/mol. The summed E-state index contributed by atoms with van der Waals surface area (Å²) in [7, 11) is 5.41. The molecule has 3 rings (SSSR count). The second-order valence-electron chi connectivity index (χ2n) is 5.59. The zero-order chi connectivity index (χ0) is 17.4. The molecule has 0 aliphatic rings. The maximum absolute atomic E-state index is 12.2. The van der Waals surface area contributed by atoms with E-state index in [1.54, 1.807) is 13.2 Å². The largest absolute Gasteiger partial charge is 0.491 e. The quantitative estimate of drug-likeness (QED) is 0.660. The molecule has 0 atom stereocenters. The summed E-state index contributed by atoms with van der Waals surface area (Å²) in [6.45, 7) is 2.35. The number of ether oxygens (including phenoxy) is 1. The van der Waals surface area contributed by atoms with E-state index >= 15 is 0 Å². The van der Waals surface area contributed by atoms with Crippen LogP contribution in [0.3, 0.4) is 0 Å². The molecule has 0 aliphatic heterocycles. The molecule has 0 saturated carbocycles. The molecule has 1 amide bonds. The number of aryl methyl sites for hydroxylation is 2. The monoisotopic (exact) mass is 399 g/mol. The number of nitrogens with one attached hydrogen (secondary N) is 1. The number of hydrogen-bond donors (Lipinski definition) is 2. The molecule has 0 unspecified atom stereocenters. The van der Waals surface area contributed by atoms with Crippen LogP contribution in [-0.2, 0) is 14.1 Å². The van der Waals surface area contributed by atoms with Gasteiger partial charge in [0.1, 0.15) is 5.69 Å². The zero-order valence-corrected chi connectivity index (χ0v) is 16.7. The molecule has 9 heteroatoms. The molecular formula is C17H23Cl2N5O2. The molecule has 2 aromatic heterocycles. The van der Waals surface area contributed by atoms with Crippen molar-refractivity contribution in [3.8, 4) is 17.3 Å². The maximum Gasteiger partial charge on any atom is 0.256 e. The van der Waals surface area contributed by atoms with E-state index < -0.39 is 0 Å². The number of fused-ring (bicyclic) bond motifs is 1. The van der Waals surface area contributed by atoms with Crippen molar-refractivity contribution in [3.63, 3.8) is 0 Å². The molecule has 1 aromatic carbocycles. The van der Waals surface area contributed by atoms with Crippen molar-refractivity contribution in [2.45, 2.75) is 6.92 Å². The molecular weight excluding hydrogens is 377 g/mol. The molecule has 0 saturated heterocycles. The Bertz CT molecular complexity index is 933. The third-order valence-electron chi connectivity index (χ3n) is 4.01. The van der Waals surface area contributed by atoms with Crippen molar-refractivity contribution >= 4 is 47.4 Å². The van der Waals surface area contributed by atoms with Gasteiger partial charge in [0.2, 0.25) is 0 Å². The van der Waals surface area contributed by atoms with E-state index in [4.69, 9.17) is 15.5 Å². The molecule has 0 aliphatic carbocycles. The van der Waals surface area contributed by atoms with Crippen molar-refractivity contribution in [2.24, 2.45) is 14.1 Å². The summed E-state index contributed by atoms with van der Waals surface area (Å²) in [5, 5.41) is 2.64. The number of aromatic nitrogens is 3. The summed E-state index contributed by atoms with van der Waals surface area (Å²) in [4.78, 5) is 16.9. The number of carbonyl (C=O) groups is 1. The molecule has 0 radical (unpaired) electrons. The molecule has 3 N–H and O–H groups in total. The normalized spacial score (nSPS) is 10.2. The number of amides is 1. The summed E-state index contributed by atoms with van der Waals surface area (Å²) in [5.74, 6) is 1.06. The number of benzene rings is 1. The maximum atomic E-state index is 12.2. The van der Waals surface area contributed by atoms with Gasteiger partial charge in [-0.1, -0.05) is 0 Å². The summed E-state index contributed by atoms with van der Waals surface area (Å²) in [6.07, 6.45) is 1.76. The van der Waals surface area contributed by atoms with E-state index in [9.17, 15) is 4.79 Å². The van der Waals surface area contributed by atoms with E-state index in [0.717, 1.165) is 22.6 Å². The zero-order valence-electron chi connectivity index (χ0n) is 15.1. The highest BCUT2D eigenvalue weighted by Crippen LogP contribution is 2.35. The van der Waals surface area contributed by atoms with E-state index in [-0.39, 0.29) is 30.7 Å². The number of nitrogens with two attached hydrogens (primary N) is 1. The van der Waals surface area contributed by atoms with Crippen LogP contribution in [0, 0.1) is 0 Å². The van der Waals surface area contributed by atoms with Crippen molar-refractivity contribution in [1.29, 1.82) is 0 Å². The molecule has 26 heavy (non-hydrogen) atoms. The lowest BCUT2D eigenvalue weighted by Gasteiger charge is -2.09. The minimum atomic E-state index is -0.191. The van der Waals surface area contributed by atoms with Crippen LogP contribution < -0.4 is 15.8 Å². The van der Waals surface area contributed by atoms with Crippen LogP contribution in [0.25, 0.3) is 22.6 Å². The minimum absolute atomic E-state index is 0. The molecule has 0 bridgehead atoms. The fraction of sp³-hybridized carbons (Fsp3) is 0.294. The molecule has 0 spiro atoms. The van der Waals surface area contributed by atoms with Crippen LogP contribution in [-0.4, -0.2) is 33.7 Å². The lowest BCUT2D eigenvalue weighted by atomic mass is 10.2. The Balaban J connectivity index is 0.00000169. The second kappa shape index (κ2) is 8.33. The number of anilines is 1. The summed E-state index contributed by atoms with van der Waals surface area (Å²) in [5.41, 5.74) is 9.53. The van der Waals surface area contributed by atoms with Gasteiger partial charge in [0, 0.05) is 33.0 Å². The summed E-state index contributed by atoms with van der Waals surface area (Å²) >= 11 is 0. The van der Waals surface area contributed by atoms with Crippen molar-refractivity contribution < 1.29 is 9.53 Å². The Hall–Kier alpha value is -2.38. The highest BCUT2D eigenvalue weighted by atomic mass is 35.5.